The Morgan fingerprint density at radius 2 is 2.05 bits per heavy atom. The van der Waals surface area contributed by atoms with Crippen LogP contribution < -0.4 is 11.1 Å². The number of hydrogen-bond donors (Lipinski definition) is 2. The van der Waals surface area contributed by atoms with Crippen molar-refractivity contribution in [2.45, 2.75) is 6.42 Å². The summed E-state index contributed by atoms with van der Waals surface area (Å²) in [6.45, 7) is 0.589. The average molecular weight is 305 g/mol. The van der Waals surface area contributed by atoms with Gasteiger partial charge in [0.05, 0.1) is 12.2 Å². The molecule has 0 saturated heterocycles. The number of rotatable bonds is 5. The number of carbonyl (C=O) groups excluding carboxylic acids is 1. The molecule has 0 heterocycles. The second-order valence-corrected chi connectivity index (χ2v) is 5.02. The fraction of sp³-hybridized carbons (Fsp3) is 0.188. The van der Waals surface area contributed by atoms with Gasteiger partial charge in [-0.2, -0.15) is 0 Å². The van der Waals surface area contributed by atoms with Crippen molar-refractivity contribution >= 4 is 28.9 Å². The van der Waals surface area contributed by atoms with Gasteiger partial charge in [0.1, 0.15) is 0 Å². The quantitative estimate of drug-likeness (QED) is 0.832. The SMILES string of the molecule is COCCc1ccccc1NC(=O)c1cc(Cl)ccc1N. The van der Waals surface area contributed by atoms with E-state index in [1.165, 1.54) is 0 Å². The van der Waals surface area contributed by atoms with Crippen molar-refractivity contribution in [1.29, 1.82) is 0 Å². The monoisotopic (exact) mass is 304 g/mol. The molecule has 0 saturated carbocycles. The molecule has 0 aliphatic carbocycles. The third-order valence-electron chi connectivity index (χ3n) is 3.10. The minimum absolute atomic E-state index is 0.278. The average Bonchev–Trinajstić information content (AvgIpc) is 2.48. The van der Waals surface area contributed by atoms with Crippen LogP contribution in [0.15, 0.2) is 42.5 Å². The zero-order valence-electron chi connectivity index (χ0n) is 11.7. The predicted molar refractivity (Wildman–Crippen MR) is 85.8 cm³/mol. The Labute approximate surface area is 128 Å². The van der Waals surface area contributed by atoms with Crippen LogP contribution in [0.5, 0.6) is 0 Å². The molecule has 0 aliphatic heterocycles. The number of nitrogens with one attached hydrogen (secondary N) is 1. The highest BCUT2D eigenvalue weighted by molar-refractivity contribution is 6.31. The van der Waals surface area contributed by atoms with Gasteiger partial charge >= 0.3 is 0 Å². The van der Waals surface area contributed by atoms with Gasteiger partial charge in [0.25, 0.3) is 5.91 Å². The predicted octanol–water partition coefficient (Wildman–Crippen LogP) is 3.36. The molecule has 0 radical (unpaired) electrons. The topological polar surface area (TPSA) is 64.3 Å². The highest BCUT2D eigenvalue weighted by Gasteiger charge is 2.12. The van der Waals surface area contributed by atoms with Crippen molar-refractivity contribution in [3.05, 3.63) is 58.6 Å². The van der Waals surface area contributed by atoms with Gasteiger partial charge in [-0.05, 0) is 36.2 Å². The molecule has 0 spiro atoms. The van der Waals surface area contributed by atoms with E-state index in [-0.39, 0.29) is 5.91 Å². The molecule has 0 atom stereocenters. The molecule has 4 nitrogen and oxygen atoms in total. The van der Waals surface area contributed by atoms with E-state index in [9.17, 15) is 4.79 Å². The third-order valence-corrected chi connectivity index (χ3v) is 3.34. The Morgan fingerprint density at radius 1 is 1.29 bits per heavy atom. The van der Waals surface area contributed by atoms with E-state index < -0.39 is 0 Å². The van der Waals surface area contributed by atoms with Gasteiger partial charge in [-0.1, -0.05) is 29.8 Å². The summed E-state index contributed by atoms with van der Waals surface area (Å²) in [5.74, 6) is -0.278. The molecule has 21 heavy (non-hydrogen) atoms. The highest BCUT2D eigenvalue weighted by atomic mass is 35.5. The van der Waals surface area contributed by atoms with Gasteiger partial charge in [0.2, 0.25) is 0 Å². The number of nitrogens with two attached hydrogens (primary N) is 1. The van der Waals surface area contributed by atoms with Gasteiger partial charge in [0.15, 0.2) is 0 Å². The normalized spacial score (nSPS) is 10.4. The number of anilines is 2. The second-order valence-electron chi connectivity index (χ2n) is 4.59. The maximum atomic E-state index is 12.3. The summed E-state index contributed by atoms with van der Waals surface area (Å²) >= 11 is 5.91. The zero-order chi connectivity index (χ0) is 15.2. The Bertz CT molecular complexity index is 644. The number of nitrogen functional groups attached to an aromatic ring is 1. The highest BCUT2D eigenvalue weighted by Crippen LogP contribution is 2.21. The van der Waals surface area contributed by atoms with E-state index in [4.69, 9.17) is 22.1 Å². The van der Waals surface area contributed by atoms with E-state index in [1.807, 2.05) is 24.3 Å². The van der Waals surface area contributed by atoms with Gasteiger partial charge < -0.3 is 15.8 Å². The molecule has 0 fully saturated rings. The van der Waals surface area contributed by atoms with E-state index in [0.29, 0.717) is 22.9 Å². The molecule has 1 amide bonds. The summed E-state index contributed by atoms with van der Waals surface area (Å²) in [4.78, 5) is 12.3. The van der Waals surface area contributed by atoms with E-state index in [2.05, 4.69) is 5.32 Å². The van der Waals surface area contributed by atoms with Crippen LogP contribution in [0.25, 0.3) is 0 Å². The van der Waals surface area contributed by atoms with Crippen molar-refractivity contribution in [3.63, 3.8) is 0 Å². The Hall–Kier alpha value is -2.04. The van der Waals surface area contributed by atoms with E-state index in [0.717, 1.165) is 17.7 Å². The van der Waals surface area contributed by atoms with Crippen LogP contribution >= 0.6 is 11.6 Å². The minimum atomic E-state index is -0.278. The molecule has 3 N–H and O–H groups in total. The number of ether oxygens (including phenoxy) is 1. The maximum absolute atomic E-state index is 12.3. The van der Waals surface area contributed by atoms with Gasteiger partial charge in [0, 0.05) is 23.5 Å². The lowest BCUT2D eigenvalue weighted by Crippen LogP contribution is -2.15. The first kappa shape index (κ1) is 15.4. The fourth-order valence-electron chi connectivity index (χ4n) is 1.99. The Kier molecular flexibility index (Phi) is 5.20. The summed E-state index contributed by atoms with van der Waals surface area (Å²) in [5, 5.41) is 3.34. The molecule has 110 valence electrons. The number of hydrogen-bond acceptors (Lipinski definition) is 3. The molecule has 0 bridgehead atoms. The van der Waals surface area contributed by atoms with Crippen molar-refractivity contribution in [3.8, 4) is 0 Å². The number of carbonyl (C=O) groups is 1. The molecule has 0 aliphatic rings. The zero-order valence-corrected chi connectivity index (χ0v) is 12.5. The van der Waals surface area contributed by atoms with Crippen LogP contribution in [-0.2, 0) is 11.2 Å². The van der Waals surface area contributed by atoms with Gasteiger partial charge in [-0.3, -0.25) is 4.79 Å². The van der Waals surface area contributed by atoms with E-state index >= 15 is 0 Å². The number of para-hydroxylation sites is 1. The number of halogens is 1. The number of benzene rings is 2. The Balaban J connectivity index is 2.21. The smallest absolute Gasteiger partial charge is 0.257 e. The van der Waals surface area contributed by atoms with Crippen molar-refractivity contribution < 1.29 is 9.53 Å². The summed E-state index contributed by atoms with van der Waals surface area (Å²) in [7, 11) is 1.65. The van der Waals surface area contributed by atoms with Crippen LogP contribution in [0.4, 0.5) is 11.4 Å². The van der Waals surface area contributed by atoms with Crippen LogP contribution in [-0.4, -0.2) is 19.6 Å². The standard InChI is InChI=1S/C16H17ClN2O2/c1-21-9-8-11-4-2-3-5-15(11)19-16(20)13-10-12(17)6-7-14(13)18/h2-7,10H,8-9,18H2,1H3,(H,19,20). The van der Waals surface area contributed by atoms with Crippen LogP contribution in [0.1, 0.15) is 15.9 Å². The first-order valence-corrected chi connectivity index (χ1v) is 6.93. The van der Waals surface area contributed by atoms with Crippen molar-refractivity contribution in [2.75, 3.05) is 24.8 Å². The molecule has 2 aromatic rings. The van der Waals surface area contributed by atoms with Crippen LogP contribution in [0.2, 0.25) is 5.02 Å². The first-order valence-electron chi connectivity index (χ1n) is 6.55. The second kappa shape index (κ2) is 7.11. The van der Waals surface area contributed by atoms with Crippen molar-refractivity contribution in [1.82, 2.24) is 0 Å². The maximum Gasteiger partial charge on any atom is 0.257 e. The minimum Gasteiger partial charge on any atom is -0.398 e. The summed E-state index contributed by atoms with van der Waals surface area (Å²) in [5.41, 5.74) is 8.34. The van der Waals surface area contributed by atoms with Crippen LogP contribution in [0, 0.1) is 0 Å². The number of methoxy groups -OCH3 is 1. The lowest BCUT2D eigenvalue weighted by molar-refractivity contribution is 0.102. The van der Waals surface area contributed by atoms with Gasteiger partial charge in [-0.15, -0.1) is 0 Å². The summed E-state index contributed by atoms with van der Waals surface area (Å²) < 4.78 is 5.08. The molecular formula is C16H17ClN2O2. The number of amides is 1. The van der Waals surface area contributed by atoms with Crippen molar-refractivity contribution in [2.24, 2.45) is 0 Å². The largest absolute Gasteiger partial charge is 0.398 e. The molecule has 0 aromatic heterocycles. The lowest BCUT2D eigenvalue weighted by atomic mass is 10.1. The summed E-state index contributed by atoms with van der Waals surface area (Å²) in [6.07, 6.45) is 0.720. The molecule has 2 rings (SSSR count). The fourth-order valence-corrected chi connectivity index (χ4v) is 2.16. The lowest BCUT2D eigenvalue weighted by Gasteiger charge is -2.12. The van der Waals surface area contributed by atoms with Crippen LogP contribution in [0.3, 0.4) is 0 Å². The molecular weight excluding hydrogens is 288 g/mol. The Morgan fingerprint density at radius 3 is 2.81 bits per heavy atom. The van der Waals surface area contributed by atoms with Gasteiger partial charge in [-0.25, -0.2) is 0 Å². The molecule has 5 heteroatoms. The molecule has 0 unspecified atom stereocenters. The summed E-state index contributed by atoms with van der Waals surface area (Å²) in [6, 6.07) is 12.4. The van der Waals surface area contributed by atoms with E-state index in [1.54, 1.807) is 25.3 Å². The molecule has 2 aromatic carbocycles. The first-order chi connectivity index (χ1) is 10.1. The third kappa shape index (κ3) is 3.97.